The van der Waals surface area contributed by atoms with Crippen LogP contribution in [0.15, 0.2) is 71.2 Å². The fraction of sp³-hybridized carbons (Fsp3) is 0.261. The number of likely N-dealkylation sites (N-methyl/N-ethyl adjacent to an activating group) is 1. The van der Waals surface area contributed by atoms with Crippen LogP contribution in [0.4, 0.5) is 4.39 Å². The van der Waals surface area contributed by atoms with Crippen LogP contribution in [0.25, 0.3) is 11.1 Å². The second-order valence-corrected chi connectivity index (χ2v) is 7.77. The zero-order valence-electron chi connectivity index (χ0n) is 16.3. The molecule has 2 aromatic rings. The third-order valence-electron chi connectivity index (χ3n) is 4.85. The molecule has 0 aliphatic carbocycles. The Kier molecular flexibility index (Phi) is 7.70. The van der Waals surface area contributed by atoms with E-state index in [1.165, 1.54) is 25.2 Å². The molecule has 1 saturated heterocycles. The van der Waals surface area contributed by atoms with Crippen molar-refractivity contribution < 1.29 is 14.0 Å². The number of hydrogen-bond donors (Lipinski definition) is 1. The first-order valence-corrected chi connectivity index (χ1v) is 10.4. The van der Waals surface area contributed by atoms with E-state index in [1.807, 2.05) is 36.4 Å². The van der Waals surface area contributed by atoms with E-state index in [4.69, 9.17) is 4.74 Å². The van der Waals surface area contributed by atoms with Gasteiger partial charge in [-0.05, 0) is 0 Å². The molecule has 0 aromatic heterocycles. The molecule has 0 saturated carbocycles. The van der Waals surface area contributed by atoms with Gasteiger partial charge >= 0.3 is 136 Å². The van der Waals surface area contributed by atoms with Crippen molar-refractivity contribution >= 4 is 32.2 Å². The summed E-state index contributed by atoms with van der Waals surface area (Å²) in [6.07, 6.45) is 1.95. The molecule has 1 N–H and O–H groups in total. The second kappa shape index (κ2) is 10.4. The van der Waals surface area contributed by atoms with Gasteiger partial charge in [-0.25, -0.2) is 0 Å². The molecular formula is C23H23FN3OSe. The van der Waals surface area contributed by atoms with Gasteiger partial charge in [-0.2, -0.15) is 0 Å². The number of hydrogen-bond acceptors (Lipinski definition) is 2. The van der Waals surface area contributed by atoms with Gasteiger partial charge in [-0.1, -0.05) is 0 Å². The van der Waals surface area contributed by atoms with Crippen LogP contribution in [0.5, 0.6) is 0 Å². The number of nitrogens with one attached hydrogen (secondary N) is 1. The van der Waals surface area contributed by atoms with Crippen molar-refractivity contribution in [3.05, 3.63) is 88.6 Å². The third-order valence-corrected chi connectivity index (χ3v) is 5.51. The standard InChI is InChI=1S/C18H11FN2Se.C5H11NO/c19-14-8-6-12(7-9-14)15-10-17(13-4-2-1-3-5-13)21-18(22)16(15)11-20;1-6-2-4-7-5-3-6/h1-10,15H;2-5H2,1H3/q-1;/p+1. The molecule has 149 valence electrons. The summed E-state index contributed by atoms with van der Waals surface area (Å²) >= 11 is 2.87. The summed E-state index contributed by atoms with van der Waals surface area (Å²) < 4.78 is 18.8. The predicted octanol–water partition coefficient (Wildman–Crippen LogP) is 2.23. The van der Waals surface area contributed by atoms with Crippen LogP contribution in [-0.4, -0.2) is 59.8 Å². The average molecular weight is 455 g/mol. The van der Waals surface area contributed by atoms with Crippen LogP contribution in [0.2, 0.25) is 0 Å². The summed E-state index contributed by atoms with van der Waals surface area (Å²) in [5.41, 5.74) is 3.21. The molecule has 2 heterocycles. The van der Waals surface area contributed by atoms with Gasteiger partial charge in [-0.15, -0.1) is 0 Å². The Bertz CT molecular complexity index is 928. The van der Waals surface area contributed by atoms with E-state index in [9.17, 15) is 9.80 Å². The SMILES string of the molecule is C[NH+]1CCOCC1.[N-]=C=C1C([Se])=NC(c2ccccc2)=CC1c1ccc(F)cc1. The van der Waals surface area contributed by atoms with Crippen molar-refractivity contribution in [2.45, 2.75) is 5.92 Å². The van der Waals surface area contributed by atoms with Gasteiger partial charge in [0, 0.05) is 0 Å². The zero-order chi connectivity index (χ0) is 20.6. The number of aliphatic imine (C=N–C) groups is 1. The molecule has 4 nitrogen and oxygen atoms in total. The Labute approximate surface area is 179 Å². The molecule has 4 rings (SSSR count). The van der Waals surface area contributed by atoms with Gasteiger partial charge in [0.25, 0.3) is 0 Å². The Hall–Kier alpha value is -2.33. The number of allylic oxidation sites excluding steroid dienone is 2. The second-order valence-electron chi connectivity index (χ2n) is 6.96. The van der Waals surface area contributed by atoms with Crippen molar-refractivity contribution in [1.29, 1.82) is 0 Å². The van der Waals surface area contributed by atoms with E-state index in [0.717, 1.165) is 30.0 Å². The molecule has 2 aliphatic heterocycles. The van der Waals surface area contributed by atoms with Gasteiger partial charge < -0.3 is 9.64 Å². The molecule has 1 atom stereocenters. The first-order valence-electron chi connectivity index (χ1n) is 9.53. The van der Waals surface area contributed by atoms with Crippen LogP contribution in [0.1, 0.15) is 17.0 Å². The fourth-order valence-corrected chi connectivity index (χ4v) is 3.69. The van der Waals surface area contributed by atoms with E-state index in [-0.39, 0.29) is 11.7 Å². The van der Waals surface area contributed by atoms with Crippen molar-refractivity contribution in [3.63, 3.8) is 0 Å². The van der Waals surface area contributed by atoms with E-state index in [0.29, 0.717) is 10.2 Å². The van der Waals surface area contributed by atoms with Gasteiger partial charge in [-0.3, -0.25) is 0 Å². The van der Waals surface area contributed by atoms with Gasteiger partial charge in [0.05, 0.1) is 20.3 Å². The topological polar surface area (TPSA) is 48.3 Å². The average Bonchev–Trinajstić information content (AvgIpc) is 2.75. The van der Waals surface area contributed by atoms with E-state index in [2.05, 4.69) is 33.9 Å². The molecule has 1 unspecified atom stereocenters. The number of rotatable bonds is 2. The van der Waals surface area contributed by atoms with E-state index >= 15 is 0 Å². The molecule has 6 heteroatoms. The molecule has 29 heavy (non-hydrogen) atoms. The van der Waals surface area contributed by atoms with Gasteiger partial charge in [0.2, 0.25) is 0 Å². The number of quaternary nitrogens is 1. The van der Waals surface area contributed by atoms with Gasteiger partial charge in [0.15, 0.2) is 0 Å². The summed E-state index contributed by atoms with van der Waals surface area (Å²) in [7, 11) is 2.20. The quantitative estimate of drug-likeness (QED) is 0.548. The van der Waals surface area contributed by atoms with Crippen molar-refractivity contribution in [2.24, 2.45) is 4.99 Å². The summed E-state index contributed by atoms with van der Waals surface area (Å²) in [5.74, 6) is 1.69. The van der Waals surface area contributed by atoms with Crippen molar-refractivity contribution in [1.82, 2.24) is 0 Å². The molecule has 1 radical (unpaired) electrons. The summed E-state index contributed by atoms with van der Waals surface area (Å²) in [6, 6.07) is 16.0. The fourth-order valence-electron chi connectivity index (χ4n) is 3.12. The predicted molar refractivity (Wildman–Crippen MR) is 116 cm³/mol. The van der Waals surface area contributed by atoms with E-state index < -0.39 is 0 Å². The Balaban J connectivity index is 0.000000290. The van der Waals surface area contributed by atoms with Crippen molar-refractivity contribution in [2.75, 3.05) is 33.4 Å². The monoisotopic (exact) mass is 456 g/mol. The normalized spacial score (nSPS) is 19.4. The van der Waals surface area contributed by atoms with Gasteiger partial charge in [0.1, 0.15) is 13.1 Å². The van der Waals surface area contributed by atoms with Crippen molar-refractivity contribution in [3.8, 4) is 0 Å². The zero-order valence-corrected chi connectivity index (χ0v) is 18.0. The number of benzene rings is 2. The van der Waals surface area contributed by atoms with Crippen LogP contribution < -0.4 is 4.90 Å². The minimum atomic E-state index is -0.290. The number of nitrogens with zero attached hydrogens (tertiary/aromatic N) is 2. The molecule has 0 amide bonds. The maximum atomic E-state index is 13.1. The Morgan fingerprint density at radius 2 is 1.76 bits per heavy atom. The van der Waals surface area contributed by atoms with E-state index in [1.54, 1.807) is 17.0 Å². The molecule has 0 spiro atoms. The number of halogens is 1. The minimum absolute atomic E-state index is 0.227. The summed E-state index contributed by atoms with van der Waals surface area (Å²) in [5, 5.41) is 9.41. The third kappa shape index (κ3) is 5.83. The molecule has 2 aliphatic rings. The molecule has 1 fully saturated rings. The number of morpholine rings is 1. The molecule has 2 aromatic carbocycles. The maximum absolute atomic E-state index is 13.1. The molecule has 0 bridgehead atoms. The van der Waals surface area contributed by atoms with Crippen LogP contribution in [-0.2, 0) is 4.74 Å². The molecular weight excluding hydrogens is 432 g/mol. The Morgan fingerprint density at radius 3 is 2.31 bits per heavy atom. The number of ether oxygens (including phenoxy) is 1. The first kappa shape index (κ1) is 21.4. The Morgan fingerprint density at radius 1 is 1.10 bits per heavy atom. The van der Waals surface area contributed by atoms with Crippen LogP contribution >= 0.6 is 0 Å². The van der Waals surface area contributed by atoms with Crippen LogP contribution in [0, 0.1) is 5.82 Å². The summed E-state index contributed by atoms with van der Waals surface area (Å²) in [4.78, 5) is 6.08. The first-order chi connectivity index (χ1) is 14.1. The summed E-state index contributed by atoms with van der Waals surface area (Å²) in [6.45, 7) is 4.26. The van der Waals surface area contributed by atoms with Crippen LogP contribution in [0.3, 0.4) is 0 Å².